The predicted molar refractivity (Wildman–Crippen MR) is 57.3 cm³/mol. The highest BCUT2D eigenvalue weighted by molar-refractivity contribution is 5.67. The van der Waals surface area contributed by atoms with Crippen LogP contribution in [0.1, 0.15) is 36.4 Å². The first-order valence-electron chi connectivity index (χ1n) is 5.59. The number of nitrogens with one attached hydrogen (secondary N) is 1. The minimum absolute atomic E-state index is 0.162. The summed E-state index contributed by atoms with van der Waals surface area (Å²) in [6.45, 7) is 1.56. The molecule has 0 bridgehead atoms. The van der Waals surface area contributed by atoms with Crippen molar-refractivity contribution in [3.8, 4) is 0 Å². The van der Waals surface area contributed by atoms with E-state index in [0.717, 1.165) is 37.3 Å². The summed E-state index contributed by atoms with van der Waals surface area (Å²) in [7, 11) is 0. The largest absolute Gasteiger partial charge is 0.481 e. The Bertz CT molecular complexity index is 356. The van der Waals surface area contributed by atoms with Gasteiger partial charge in [0, 0.05) is 31.2 Å². The molecule has 5 nitrogen and oxygen atoms in total. The SMILES string of the molecule is O=C(O)CCc1cn[nH]c1C1CCOCC1. The van der Waals surface area contributed by atoms with Crippen molar-refractivity contribution < 1.29 is 14.6 Å². The predicted octanol–water partition coefficient (Wildman–Crippen LogP) is 1.32. The van der Waals surface area contributed by atoms with Gasteiger partial charge in [-0.25, -0.2) is 0 Å². The zero-order chi connectivity index (χ0) is 11.4. The number of rotatable bonds is 4. The van der Waals surface area contributed by atoms with Gasteiger partial charge in [0.2, 0.25) is 0 Å². The number of aliphatic carboxylic acids is 1. The Balaban J connectivity index is 2.02. The Hall–Kier alpha value is -1.36. The molecule has 1 aromatic rings. The summed E-state index contributed by atoms with van der Waals surface area (Å²) in [6.07, 6.45) is 4.44. The third-order valence-corrected chi connectivity index (χ3v) is 2.99. The Morgan fingerprint density at radius 3 is 3.00 bits per heavy atom. The van der Waals surface area contributed by atoms with Crippen molar-refractivity contribution in [1.29, 1.82) is 0 Å². The van der Waals surface area contributed by atoms with Gasteiger partial charge in [-0.15, -0.1) is 0 Å². The van der Waals surface area contributed by atoms with Crippen LogP contribution >= 0.6 is 0 Å². The second-order valence-corrected chi connectivity index (χ2v) is 4.09. The molecule has 0 radical (unpaired) electrons. The van der Waals surface area contributed by atoms with Crippen LogP contribution in [0.15, 0.2) is 6.20 Å². The molecular weight excluding hydrogens is 208 g/mol. The third kappa shape index (κ3) is 2.61. The van der Waals surface area contributed by atoms with E-state index < -0.39 is 5.97 Å². The molecule has 1 fully saturated rings. The van der Waals surface area contributed by atoms with Crippen molar-refractivity contribution in [1.82, 2.24) is 10.2 Å². The number of carboxylic acids is 1. The molecule has 2 N–H and O–H groups in total. The Kier molecular flexibility index (Phi) is 3.56. The van der Waals surface area contributed by atoms with Crippen LogP contribution in [0.5, 0.6) is 0 Å². The number of ether oxygens (including phenoxy) is 1. The average molecular weight is 224 g/mol. The Labute approximate surface area is 93.8 Å². The van der Waals surface area contributed by atoms with Crippen LogP contribution in [0, 0.1) is 0 Å². The molecule has 0 aromatic carbocycles. The highest BCUT2D eigenvalue weighted by Gasteiger charge is 2.20. The molecule has 1 aromatic heterocycles. The van der Waals surface area contributed by atoms with Gasteiger partial charge in [0.25, 0.3) is 0 Å². The van der Waals surface area contributed by atoms with E-state index >= 15 is 0 Å². The molecule has 1 aliphatic rings. The van der Waals surface area contributed by atoms with E-state index in [9.17, 15) is 4.79 Å². The first-order valence-corrected chi connectivity index (χ1v) is 5.59. The Morgan fingerprint density at radius 1 is 1.56 bits per heavy atom. The lowest BCUT2D eigenvalue weighted by Gasteiger charge is -2.21. The topological polar surface area (TPSA) is 75.2 Å². The molecule has 2 heterocycles. The fourth-order valence-electron chi connectivity index (χ4n) is 2.10. The van der Waals surface area contributed by atoms with Crippen LogP contribution < -0.4 is 0 Å². The maximum atomic E-state index is 10.5. The van der Waals surface area contributed by atoms with E-state index in [0.29, 0.717) is 12.3 Å². The van der Waals surface area contributed by atoms with Gasteiger partial charge in [0.15, 0.2) is 0 Å². The van der Waals surface area contributed by atoms with E-state index in [1.165, 1.54) is 0 Å². The number of hydrogen-bond acceptors (Lipinski definition) is 3. The van der Waals surface area contributed by atoms with Crippen molar-refractivity contribution in [2.75, 3.05) is 13.2 Å². The monoisotopic (exact) mass is 224 g/mol. The summed E-state index contributed by atoms with van der Waals surface area (Å²) < 4.78 is 5.31. The summed E-state index contributed by atoms with van der Waals surface area (Å²) in [6, 6.07) is 0. The van der Waals surface area contributed by atoms with Crippen molar-refractivity contribution in [2.45, 2.75) is 31.6 Å². The lowest BCUT2D eigenvalue weighted by atomic mass is 9.93. The zero-order valence-corrected chi connectivity index (χ0v) is 9.11. The standard InChI is InChI=1S/C11H16N2O3/c14-10(15)2-1-9-7-12-13-11(9)8-3-5-16-6-4-8/h7-8H,1-6H2,(H,12,13)(H,14,15). The summed E-state index contributed by atoms with van der Waals surface area (Å²) in [5.74, 6) is -0.320. The highest BCUT2D eigenvalue weighted by Crippen LogP contribution is 2.28. The summed E-state index contributed by atoms with van der Waals surface area (Å²) >= 11 is 0. The number of aromatic amines is 1. The van der Waals surface area contributed by atoms with Crippen LogP contribution in [-0.2, 0) is 16.0 Å². The molecule has 5 heteroatoms. The minimum Gasteiger partial charge on any atom is -0.481 e. The average Bonchev–Trinajstić information content (AvgIpc) is 2.75. The van der Waals surface area contributed by atoms with Gasteiger partial charge < -0.3 is 9.84 Å². The van der Waals surface area contributed by atoms with Crippen LogP contribution in [0.3, 0.4) is 0 Å². The molecule has 0 unspecified atom stereocenters. The van der Waals surface area contributed by atoms with E-state index in [1.807, 2.05) is 0 Å². The molecule has 16 heavy (non-hydrogen) atoms. The molecule has 0 atom stereocenters. The molecular formula is C11H16N2O3. The van der Waals surface area contributed by atoms with E-state index in [1.54, 1.807) is 6.20 Å². The third-order valence-electron chi connectivity index (χ3n) is 2.99. The number of hydrogen-bond donors (Lipinski definition) is 2. The molecule has 2 rings (SSSR count). The lowest BCUT2D eigenvalue weighted by Crippen LogP contribution is -2.15. The van der Waals surface area contributed by atoms with E-state index in [2.05, 4.69) is 10.2 Å². The quantitative estimate of drug-likeness (QED) is 0.808. The van der Waals surface area contributed by atoms with Crippen molar-refractivity contribution in [3.63, 3.8) is 0 Å². The molecule has 0 spiro atoms. The molecule has 0 saturated carbocycles. The maximum Gasteiger partial charge on any atom is 0.303 e. The van der Waals surface area contributed by atoms with Gasteiger partial charge in [-0.1, -0.05) is 0 Å². The number of H-pyrrole nitrogens is 1. The van der Waals surface area contributed by atoms with Gasteiger partial charge in [0.05, 0.1) is 6.20 Å². The minimum atomic E-state index is -0.765. The van der Waals surface area contributed by atoms with Gasteiger partial charge in [-0.05, 0) is 24.8 Å². The number of carboxylic acid groups (broad SMARTS) is 1. The molecule has 0 amide bonds. The van der Waals surface area contributed by atoms with Gasteiger partial charge in [-0.3, -0.25) is 9.89 Å². The number of nitrogens with zero attached hydrogens (tertiary/aromatic N) is 1. The lowest BCUT2D eigenvalue weighted by molar-refractivity contribution is -0.136. The van der Waals surface area contributed by atoms with Crippen molar-refractivity contribution >= 4 is 5.97 Å². The zero-order valence-electron chi connectivity index (χ0n) is 9.11. The summed E-state index contributed by atoms with van der Waals surface area (Å²) in [5.41, 5.74) is 2.14. The fraction of sp³-hybridized carbons (Fsp3) is 0.636. The van der Waals surface area contributed by atoms with Gasteiger partial charge in [0.1, 0.15) is 0 Å². The van der Waals surface area contributed by atoms with Crippen LogP contribution in [-0.4, -0.2) is 34.5 Å². The van der Waals surface area contributed by atoms with Gasteiger partial charge >= 0.3 is 5.97 Å². The first kappa shape index (κ1) is 11.1. The normalized spacial score (nSPS) is 17.5. The Morgan fingerprint density at radius 2 is 2.31 bits per heavy atom. The highest BCUT2D eigenvalue weighted by atomic mass is 16.5. The molecule has 0 aliphatic carbocycles. The number of aromatic nitrogens is 2. The van der Waals surface area contributed by atoms with Crippen LogP contribution in [0.25, 0.3) is 0 Å². The van der Waals surface area contributed by atoms with Crippen LogP contribution in [0.4, 0.5) is 0 Å². The smallest absolute Gasteiger partial charge is 0.303 e. The van der Waals surface area contributed by atoms with Crippen LogP contribution in [0.2, 0.25) is 0 Å². The van der Waals surface area contributed by atoms with E-state index in [-0.39, 0.29) is 6.42 Å². The van der Waals surface area contributed by atoms with Gasteiger partial charge in [-0.2, -0.15) is 5.10 Å². The van der Waals surface area contributed by atoms with E-state index in [4.69, 9.17) is 9.84 Å². The second-order valence-electron chi connectivity index (χ2n) is 4.09. The second kappa shape index (κ2) is 5.12. The molecule has 1 saturated heterocycles. The van der Waals surface area contributed by atoms with Crippen molar-refractivity contribution in [3.05, 3.63) is 17.5 Å². The summed E-state index contributed by atoms with van der Waals surface area (Å²) in [5, 5.41) is 15.7. The maximum absolute atomic E-state index is 10.5. The van der Waals surface area contributed by atoms with Crippen molar-refractivity contribution in [2.24, 2.45) is 0 Å². The number of aryl methyl sites for hydroxylation is 1. The molecule has 88 valence electrons. The fourth-order valence-corrected chi connectivity index (χ4v) is 2.10. The first-order chi connectivity index (χ1) is 7.77. The summed E-state index contributed by atoms with van der Waals surface area (Å²) in [4.78, 5) is 10.5. The number of carbonyl (C=O) groups is 1. The molecule has 1 aliphatic heterocycles.